The third kappa shape index (κ3) is 2.99. The standard InChI is InChI=1S/C25H20N2O2S/c1-3-27-21-13-12-16-8-6-7-11-19(16)23(21)30-25(27)26-24(28)20-14-17-9-4-5-10-18(17)15-22(20)29-2/h4-15H,3H2,1-2H3. The molecule has 0 unspecified atom stereocenters. The lowest BCUT2D eigenvalue weighted by Gasteiger charge is -2.07. The second-order valence-corrected chi connectivity index (χ2v) is 8.06. The number of carbonyl (C=O) groups is 1. The van der Waals surface area contributed by atoms with Crippen molar-refractivity contribution < 1.29 is 9.53 Å². The Morgan fingerprint density at radius 3 is 2.40 bits per heavy atom. The second kappa shape index (κ2) is 7.43. The number of ether oxygens (including phenoxy) is 1. The van der Waals surface area contributed by atoms with Crippen molar-refractivity contribution in [1.82, 2.24) is 4.57 Å². The molecule has 5 rings (SSSR count). The molecule has 30 heavy (non-hydrogen) atoms. The van der Waals surface area contributed by atoms with Gasteiger partial charge in [-0.1, -0.05) is 65.9 Å². The van der Waals surface area contributed by atoms with Crippen molar-refractivity contribution in [3.63, 3.8) is 0 Å². The molecule has 1 heterocycles. The number of rotatable bonds is 3. The van der Waals surface area contributed by atoms with Crippen LogP contribution < -0.4 is 9.54 Å². The molecule has 1 aromatic heterocycles. The highest BCUT2D eigenvalue weighted by Crippen LogP contribution is 2.29. The van der Waals surface area contributed by atoms with Crippen LogP contribution in [-0.2, 0) is 6.54 Å². The van der Waals surface area contributed by atoms with E-state index in [2.05, 4.69) is 40.7 Å². The smallest absolute Gasteiger partial charge is 0.283 e. The summed E-state index contributed by atoms with van der Waals surface area (Å²) in [4.78, 5) is 18.4. The Labute approximate surface area is 177 Å². The Morgan fingerprint density at radius 1 is 0.967 bits per heavy atom. The first-order chi connectivity index (χ1) is 14.7. The molecule has 0 radical (unpaired) electrons. The lowest BCUT2D eigenvalue weighted by atomic mass is 10.1. The van der Waals surface area contributed by atoms with Crippen molar-refractivity contribution in [2.45, 2.75) is 13.5 Å². The fourth-order valence-corrected chi connectivity index (χ4v) is 5.12. The topological polar surface area (TPSA) is 43.6 Å². The van der Waals surface area contributed by atoms with E-state index in [1.54, 1.807) is 18.4 Å². The van der Waals surface area contributed by atoms with Crippen LogP contribution in [0.5, 0.6) is 5.75 Å². The van der Waals surface area contributed by atoms with Gasteiger partial charge < -0.3 is 9.30 Å². The van der Waals surface area contributed by atoms with Crippen molar-refractivity contribution in [2.24, 2.45) is 4.99 Å². The third-order valence-corrected chi connectivity index (χ3v) is 6.51. The molecule has 4 aromatic carbocycles. The van der Waals surface area contributed by atoms with Crippen molar-refractivity contribution in [1.29, 1.82) is 0 Å². The van der Waals surface area contributed by atoms with Crippen LogP contribution >= 0.6 is 11.3 Å². The van der Waals surface area contributed by atoms with E-state index in [4.69, 9.17) is 4.74 Å². The summed E-state index contributed by atoms with van der Waals surface area (Å²) >= 11 is 1.55. The number of hydrogen-bond acceptors (Lipinski definition) is 3. The van der Waals surface area contributed by atoms with E-state index >= 15 is 0 Å². The molecule has 0 aliphatic heterocycles. The van der Waals surface area contributed by atoms with Gasteiger partial charge in [0.25, 0.3) is 5.91 Å². The number of carbonyl (C=O) groups excluding carboxylic acids is 1. The highest BCUT2D eigenvalue weighted by atomic mass is 32.1. The average molecular weight is 413 g/mol. The molecule has 0 fully saturated rings. The monoisotopic (exact) mass is 412 g/mol. The van der Waals surface area contributed by atoms with Crippen LogP contribution in [0.25, 0.3) is 31.8 Å². The number of aromatic nitrogens is 1. The van der Waals surface area contributed by atoms with Gasteiger partial charge in [0.2, 0.25) is 0 Å². The van der Waals surface area contributed by atoms with E-state index < -0.39 is 0 Å². The van der Waals surface area contributed by atoms with E-state index in [1.165, 1.54) is 10.8 Å². The number of methoxy groups -OCH3 is 1. The summed E-state index contributed by atoms with van der Waals surface area (Å²) in [5, 5.41) is 4.38. The van der Waals surface area contributed by atoms with Gasteiger partial charge in [-0.15, -0.1) is 0 Å². The van der Waals surface area contributed by atoms with Crippen molar-refractivity contribution in [3.05, 3.63) is 83.2 Å². The molecule has 0 N–H and O–H groups in total. The quantitative estimate of drug-likeness (QED) is 0.377. The van der Waals surface area contributed by atoms with Crippen molar-refractivity contribution in [2.75, 3.05) is 7.11 Å². The van der Waals surface area contributed by atoms with Gasteiger partial charge >= 0.3 is 0 Å². The maximum Gasteiger partial charge on any atom is 0.283 e. The lowest BCUT2D eigenvalue weighted by molar-refractivity contribution is 0.0995. The van der Waals surface area contributed by atoms with Gasteiger partial charge in [-0.25, -0.2) is 0 Å². The van der Waals surface area contributed by atoms with Crippen LogP contribution in [-0.4, -0.2) is 17.6 Å². The number of benzene rings is 4. The van der Waals surface area contributed by atoms with Gasteiger partial charge in [-0.3, -0.25) is 4.79 Å². The minimum Gasteiger partial charge on any atom is -0.496 e. The lowest BCUT2D eigenvalue weighted by Crippen LogP contribution is -2.16. The predicted molar refractivity (Wildman–Crippen MR) is 123 cm³/mol. The fourth-order valence-electron chi connectivity index (χ4n) is 3.89. The Balaban J connectivity index is 1.72. The van der Waals surface area contributed by atoms with Gasteiger partial charge in [0.05, 0.1) is 22.9 Å². The van der Waals surface area contributed by atoms with Crippen LogP contribution in [0, 0.1) is 0 Å². The normalized spacial score (nSPS) is 12.1. The zero-order valence-corrected chi connectivity index (χ0v) is 17.6. The maximum atomic E-state index is 13.2. The summed E-state index contributed by atoms with van der Waals surface area (Å²) in [6, 6.07) is 24.2. The number of aryl methyl sites for hydroxylation is 1. The van der Waals surface area contributed by atoms with E-state index in [9.17, 15) is 4.79 Å². The Bertz CT molecular complexity index is 1490. The fraction of sp³-hybridized carbons (Fsp3) is 0.120. The molecule has 0 saturated heterocycles. The zero-order valence-electron chi connectivity index (χ0n) is 16.8. The molecular formula is C25H20N2O2S. The van der Waals surface area contributed by atoms with Crippen LogP contribution in [0.1, 0.15) is 17.3 Å². The molecule has 0 spiro atoms. The summed E-state index contributed by atoms with van der Waals surface area (Å²) in [6.45, 7) is 2.81. The van der Waals surface area contributed by atoms with Crippen LogP contribution in [0.15, 0.2) is 77.8 Å². The first kappa shape index (κ1) is 18.6. The average Bonchev–Trinajstić information content (AvgIpc) is 3.15. The first-order valence-electron chi connectivity index (χ1n) is 9.86. The minimum absolute atomic E-state index is 0.296. The van der Waals surface area contributed by atoms with Crippen molar-refractivity contribution >= 4 is 49.0 Å². The molecule has 0 saturated carbocycles. The van der Waals surface area contributed by atoms with Crippen molar-refractivity contribution in [3.8, 4) is 5.75 Å². The van der Waals surface area contributed by atoms with Crippen LogP contribution in [0.3, 0.4) is 0 Å². The molecule has 0 aliphatic carbocycles. The Kier molecular flexibility index (Phi) is 4.60. The molecule has 148 valence electrons. The van der Waals surface area contributed by atoms with E-state index in [1.807, 2.05) is 48.5 Å². The van der Waals surface area contributed by atoms with E-state index in [-0.39, 0.29) is 5.91 Å². The summed E-state index contributed by atoms with van der Waals surface area (Å²) in [5.41, 5.74) is 1.57. The predicted octanol–water partition coefficient (Wildman–Crippen LogP) is 5.78. The Hall–Kier alpha value is -3.44. The maximum absolute atomic E-state index is 13.2. The minimum atomic E-state index is -0.296. The first-order valence-corrected chi connectivity index (χ1v) is 10.7. The summed E-state index contributed by atoms with van der Waals surface area (Å²) in [7, 11) is 1.58. The van der Waals surface area contributed by atoms with Crippen LogP contribution in [0.4, 0.5) is 0 Å². The van der Waals surface area contributed by atoms with Gasteiger partial charge in [0, 0.05) is 11.9 Å². The summed E-state index contributed by atoms with van der Waals surface area (Å²) in [6.07, 6.45) is 0. The number of fused-ring (bicyclic) bond motifs is 4. The molecule has 0 bridgehead atoms. The molecular weight excluding hydrogens is 392 g/mol. The highest BCUT2D eigenvalue weighted by Gasteiger charge is 2.15. The van der Waals surface area contributed by atoms with Gasteiger partial charge in [0.15, 0.2) is 4.80 Å². The largest absolute Gasteiger partial charge is 0.496 e. The number of amides is 1. The molecule has 0 aliphatic rings. The molecule has 0 atom stereocenters. The summed E-state index contributed by atoms with van der Waals surface area (Å²) < 4.78 is 8.74. The Morgan fingerprint density at radius 2 is 1.67 bits per heavy atom. The molecule has 1 amide bonds. The summed E-state index contributed by atoms with van der Waals surface area (Å²) in [5.74, 6) is 0.243. The number of hydrogen-bond donors (Lipinski definition) is 0. The molecule has 5 aromatic rings. The number of nitrogens with zero attached hydrogens (tertiary/aromatic N) is 2. The van der Waals surface area contributed by atoms with Gasteiger partial charge in [-0.2, -0.15) is 4.99 Å². The van der Waals surface area contributed by atoms with Crippen LogP contribution in [0.2, 0.25) is 0 Å². The third-order valence-electron chi connectivity index (χ3n) is 5.39. The van der Waals surface area contributed by atoms with Gasteiger partial charge in [-0.05, 0) is 41.3 Å². The number of thiazole rings is 1. The van der Waals surface area contributed by atoms with E-state index in [0.717, 1.165) is 27.5 Å². The SMILES string of the molecule is CCn1c(=NC(=O)c2cc3ccccc3cc2OC)sc2c3ccccc3ccc21. The second-order valence-electron chi connectivity index (χ2n) is 7.08. The zero-order chi connectivity index (χ0) is 20.7. The van der Waals surface area contributed by atoms with Gasteiger partial charge in [0.1, 0.15) is 5.75 Å². The molecule has 5 heteroatoms. The molecule has 4 nitrogen and oxygen atoms in total. The highest BCUT2D eigenvalue weighted by molar-refractivity contribution is 7.17. The van der Waals surface area contributed by atoms with E-state index in [0.29, 0.717) is 16.1 Å².